The number of rotatable bonds is 4. The summed E-state index contributed by atoms with van der Waals surface area (Å²) >= 11 is 0. The molecule has 100 valence electrons. The predicted octanol–water partition coefficient (Wildman–Crippen LogP) is 3.29. The monoisotopic (exact) mass is 258 g/mol. The van der Waals surface area contributed by atoms with E-state index in [2.05, 4.69) is 12.1 Å². The van der Waals surface area contributed by atoms with Crippen LogP contribution in [0, 0.1) is 6.92 Å². The number of hydrogen-bond acceptors (Lipinski definition) is 3. The number of hydrogen-bond donors (Lipinski definition) is 3. The zero-order valence-electron chi connectivity index (χ0n) is 10.9. The van der Waals surface area contributed by atoms with Crippen molar-refractivity contribution in [2.24, 2.45) is 0 Å². The lowest BCUT2D eigenvalue weighted by Crippen LogP contribution is -1.94. The minimum absolute atomic E-state index is 0.203. The zero-order valence-corrected chi connectivity index (χ0v) is 10.9. The predicted molar refractivity (Wildman–Crippen MR) is 74.6 cm³/mol. The van der Waals surface area contributed by atoms with E-state index in [1.807, 2.05) is 25.1 Å². The topological polar surface area (TPSA) is 60.7 Å². The van der Waals surface area contributed by atoms with E-state index in [9.17, 15) is 15.3 Å². The summed E-state index contributed by atoms with van der Waals surface area (Å²) in [6, 6.07) is 11.6. The van der Waals surface area contributed by atoms with Crippen molar-refractivity contribution in [3.8, 4) is 17.2 Å². The fourth-order valence-electron chi connectivity index (χ4n) is 2.24. The van der Waals surface area contributed by atoms with Gasteiger partial charge in [0.2, 0.25) is 5.75 Å². The smallest absolute Gasteiger partial charge is 0.200 e. The normalized spacial score (nSPS) is 10.6. The Morgan fingerprint density at radius 1 is 0.895 bits per heavy atom. The van der Waals surface area contributed by atoms with Crippen molar-refractivity contribution >= 4 is 0 Å². The molecule has 0 spiro atoms. The van der Waals surface area contributed by atoms with Gasteiger partial charge in [-0.2, -0.15) is 0 Å². The van der Waals surface area contributed by atoms with E-state index >= 15 is 0 Å². The molecule has 0 unspecified atom stereocenters. The summed E-state index contributed by atoms with van der Waals surface area (Å²) in [6.07, 6.45) is 2.46. The first-order valence-corrected chi connectivity index (χ1v) is 6.37. The Kier molecular flexibility index (Phi) is 3.95. The van der Waals surface area contributed by atoms with Gasteiger partial charge >= 0.3 is 0 Å². The van der Waals surface area contributed by atoms with E-state index in [1.54, 1.807) is 0 Å². The second kappa shape index (κ2) is 5.65. The largest absolute Gasteiger partial charge is 0.504 e. The summed E-state index contributed by atoms with van der Waals surface area (Å²) in [5.41, 5.74) is 2.75. The maximum Gasteiger partial charge on any atom is 0.200 e. The van der Waals surface area contributed by atoms with Crippen LogP contribution in [0.2, 0.25) is 0 Å². The molecule has 0 saturated heterocycles. The minimum Gasteiger partial charge on any atom is -0.504 e. The first kappa shape index (κ1) is 13.3. The molecule has 0 atom stereocenters. The molecule has 2 aromatic carbocycles. The molecule has 0 aliphatic heterocycles. The summed E-state index contributed by atoms with van der Waals surface area (Å²) in [4.78, 5) is 0. The Labute approximate surface area is 112 Å². The lowest BCUT2D eigenvalue weighted by Gasteiger charge is -2.11. The quantitative estimate of drug-likeness (QED) is 0.737. The highest BCUT2D eigenvalue weighted by atomic mass is 16.3. The van der Waals surface area contributed by atoms with Crippen LogP contribution in [0.3, 0.4) is 0 Å². The van der Waals surface area contributed by atoms with E-state index in [1.165, 1.54) is 11.6 Å². The Morgan fingerprint density at radius 2 is 1.58 bits per heavy atom. The van der Waals surface area contributed by atoms with Crippen LogP contribution < -0.4 is 0 Å². The SMILES string of the molecule is Cc1cc(O)c(O)c(O)c1CCCc1ccccc1. The highest BCUT2D eigenvalue weighted by Gasteiger charge is 2.14. The van der Waals surface area contributed by atoms with Gasteiger partial charge in [0, 0.05) is 5.56 Å². The van der Waals surface area contributed by atoms with Crippen molar-refractivity contribution in [3.63, 3.8) is 0 Å². The van der Waals surface area contributed by atoms with Crippen LogP contribution in [0.5, 0.6) is 17.2 Å². The fourth-order valence-corrected chi connectivity index (χ4v) is 2.24. The third-order valence-electron chi connectivity index (χ3n) is 3.32. The summed E-state index contributed by atoms with van der Waals surface area (Å²) in [5.74, 6) is -0.910. The first-order valence-electron chi connectivity index (χ1n) is 6.37. The maximum absolute atomic E-state index is 9.85. The summed E-state index contributed by atoms with van der Waals surface area (Å²) < 4.78 is 0. The Morgan fingerprint density at radius 3 is 2.26 bits per heavy atom. The average Bonchev–Trinajstić information content (AvgIpc) is 2.41. The van der Waals surface area contributed by atoms with Gasteiger partial charge in [0.1, 0.15) is 0 Å². The van der Waals surface area contributed by atoms with Gasteiger partial charge in [0.05, 0.1) is 0 Å². The van der Waals surface area contributed by atoms with Crippen molar-refractivity contribution in [1.82, 2.24) is 0 Å². The third kappa shape index (κ3) is 2.99. The number of phenolic OH excluding ortho intramolecular Hbond substituents is 3. The average molecular weight is 258 g/mol. The van der Waals surface area contributed by atoms with Crippen LogP contribution in [0.15, 0.2) is 36.4 Å². The molecule has 0 amide bonds. The zero-order chi connectivity index (χ0) is 13.8. The Bertz CT molecular complexity index is 562. The van der Waals surface area contributed by atoms with E-state index in [0.29, 0.717) is 12.0 Å². The van der Waals surface area contributed by atoms with Crippen LogP contribution in [-0.4, -0.2) is 15.3 Å². The highest BCUT2D eigenvalue weighted by molar-refractivity contribution is 5.56. The number of aromatic hydroxyl groups is 3. The second-order valence-electron chi connectivity index (χ2n) is 4.73. The molecule has 3 nitrogen and oxygen atoms in total. The van der Waals surface area contributed by atoms with Crippen molar-refractivity contribution in [1.29, 1.82) is 0 Å². The van der Waals surface area contributed by atoms with Crippen molar-refractivity contribution in [2.45, 2.75) is 26.2 Å². The van der Waals surface area contributed by atoms with Gasteiger partial charge in [0.15, 0.2) is 11.5 Å². The Balaban J connectivity index is 2.06. The molecule has 2 aromatic rings. The van der Waals surface area contributed by atoms with Crippen LogP contribution >= 0.6 is 0 Å². The summed E-state index contributed by atoms with van der Waals surface area (Å²) in [7, 11) is 0. The summed E-state index contributed by atoms with van der Waals surface area (Å²) in [6.45, 7) is 1.82. The molecule has 0 bridgehead atoms. The molecular formula is C16H18O3. The van der Waals surface area contributed by atoms with Crippen molar-refractivity contribution < 1.29 is 15.3 Å². The molecule has 0 radical (unpaired) electrons. The number of aryl methyl sites for hydroxylation is 2. The molecule has 0 aromatic heterocycles. The van der Waals surface area contributed by atoms with Crippen LogP contribution in [0.25, 0.3) is 0 Å². The van der Waals surface area contributed by atoms with Crippen LogP contribution in [0.1, 0.15) is 23.1 Å². The van der Waals surface area contributed by atoms with E-state index in [4.69, 9.17) is 0 Å². The van der Waals surface area contributed by atoms with E-state index in [-0.39, 0.29) is 11.5 Å². The molecule has 19 heavy (non-hydrogen) atoms. The lowest BCUT2D eigenvalue weighted by molar-refractivity contribution is 0.364. The standard InChI is InChI=1S/C16H18O3/c1-11-10-14(17)16(19)15(18)13(11)9-5-8-12-6-3-2-4-7-12/h2-4,6-7,10,17-19H,5,8-9H2,1H3. The maximum atomic E-state index is 9.85. The molecule has 0 fully saturated rings. The third-order valence-corrected chi connectivity index (χ3v) is 3.32. The van der Waals surface area contributed by atoms with Gasteiger partial charge in [0.25, 0.3) is 0 Å². The van der Waals surface area contributed by atoms with E-state index < -0.39 is 5.75 Å². The van der Waals surface area contributed by atoms with Gasteiger partial charge in [-0.3, -0.25) is 0 Å². The number of benzene rings is 2. The molecule has 3 heteroatoms. The van der Waals surface area contributed by atoms with Gasteiger partial charge in [-0.05, 0) is 43.4 Å². The van der Waals surface area contributed by atoms with Crippen molar-refractivity contribution in [2.75, 3.05) is 0 Å². The molecular weight excluding hydrogens is 240 g/mol. The van der Waals surface area contributed by atoms with Gasteiger partial charge in [-0.25, -0.2) is 0 Å². The van der Waals surface area contributed by atoms with Crippen LogP contribution in [-0.2, 0) is 12.8 Å². The molecule has 0 heterocycles. The van der Waals surface area contributed by atoms with Gasteiger partial charge in [-0.15, -0.1) is 0 Å². The lowest BCUT2D eigenvalue weighted by atomic mass is 9.99. The fraction of sp³-hybridized carbons (Fsp3) is 0.250. The van der Waals surface area contributed by atoms with Crippen LogP contribution in [0.4, 0.5) is 0 Å². The van der Waals surface area contributed by atoms with Gasteiger partial charge < -0.3 is 15.3 Å². The van der Waals surface area contributed by atoms with Gasteiger partial charge in [-0.1, -0.05) is 30.3 Å². The highest BCUT2D eigenvalue weighted by Crippen LogP contribution is 2.39. The second-order valence-corrected chi connectivity index (χ2v) is 4.73. The Hall–Kier alpha value is -2.16. The molecule has 0 saturated carbocycles. The summed E-state index contributed by atoms with van der Waals surface area (Å²) in [5, 5.41) is 28.8. The molecule has 0 aliphatic rings. The van der Waals surface area contributed by atoms with E-state index in [0.717, 1.165) is 18.4 Å². The molecule has 2 rings (SSSR count). The molecule has 0 aliphatic carbocycles. The number of phenols is 3. The first-order chi connectivity index (χ1) is 9.09. The van der Waals surface area contributed by atoms with Crippen molar-refractivity contribution in [3.05, 3.63) is 53.1 Å². The minimum atomic E-state index is -0.430. The molecule has 3 N–H and O–H groups in total.